The topological polar surface area (TPSA) is 81.7 Å². The molecule has 0 aromatic heterocycles. The van der Waals surface area contributed by atoms with Gasteiger partial charge in [0.1, 0.15) is 0 Å². The van der Waals surface area contributed by atoms with Crippen molar-refractivity contribution in [2.75, 3.05) is 39.3 Å². The van der Waals surface area contributed by atoms with E-state index in [2.05, 4.69) is 43.2 Å². The Hall–Kier alpha value is -1.14. The molecule has 0 radical (unpaired) electrons. The number of unbranched alkanes of at least 4 members (excludes halogenated alkanes) is 22. The largest absolute Gasteiger partial charge is 0.395 e. The summed E-state index contributed by atoms with van der Waals surface area (Å²) in [5.74, 6) is 0.996. The molecule has 0 aromatic carbocycles. The molecule has 0 aromatic rings. The summed E-state index contributed by atoms with van der Waals surface area (Å²) in [5, 5.41) is 16.2. The van der Waals surface area contributed by atoms with Gasteiger partial charge in [0.15, 0.2) is 0 Å². The number of rotatable bonds is 42. The first-order valence-corrected chi connectivity index (χ1v) is 23.4. The molecule has 0 saturated carbocycles. The molecule has 6 heteroatoms. The number of hydrogen-bond acceptors (Lipinski definition) is 4. The van der Waals surface area contributed by atoms with Gasteiger partial charge in [-0.2, -0.15) is 0 Å². The summed E-state index contributed by atoms with van der Waals surface area (Å²) in [7, 11) is 0. The van der Waals surface area contributed by atoms with E-state index >= 15 is 0 Å². The number of aliphatic hydroxyl groups is 1. The predicted molar refractivity (Wildman–Crippen MR) is 227 cm³/mol. The minimum Gasteiger partial charge on any atom is -0.395 e. The second-order valence-corrected chi connectivity index (χ2v) is 16.2. The Kier molecular flexibility index (Phi) is 40.1. The lowest BCUT2D eigenvalue weighted by molar-refractivity contribution is -0.126. The first-order valence-electron chi connectivity index (χ1n) is 23.4. The van der Waals surface area contributed by atoms with E-state index in [4.69, 9.17) is 0 Å². The molecule has 3 N–H and O–H groups in total. The normalized spacial score (nSPS) is 12.7. The van der Waals surface area contributed by atoms with Crippen molar-refractivity contribution in [2.45, 2.75) is 233 Å². The van der Waals surface area contributed by atoms with Crippen LogP contribution in [0.25, 0.3) is 0 Å². The molecule has 0 saturated heterocycles. The van der Waals surface area contributed by atoms with Crippen LogP contribution in [0, 0.1) is 11.8 Å². The maximum atomic E-state index is 13.0. The Bertz CT molecular complexity index is 690. The number of carbonyl (C=O) groups is 2. The second kappa shape index (κ2) is 41.0. The average molecular weight is 736 g/mol. The fourth-order valence-electron chi connectivity index (χ4n) is 7.61. The van der Waals surface area contributed by atoms with Gasteiger partial charge < -0.3 is 20.6 Å². The van der Waals surface area contributed by atoms with E-state index in [0.29, 0.717) is 11.8 Å². The highest BCUT2D eigenvalue weighted by Gasteiger charge is 2.18. The Morgan fingerprint density at radius 3 is 1.04 bits per heavy atom. The van der Waals surface area contributed by atoms with Gasteiger partial charge in [0.05, 0.1) is 6.61 Å². The quantitative estimate of drug-likeness (QED) is 0.0545. The Labute approximate surface area is 325 Å². The van der Waals surface area contributed by atoms with E-state index in [0.717, 1.165) is 96.9 Å². The van der Waals surface area contributed by atoms with Gasteiger partial charge in [-0.3, -0.25) is 9.59 Å². The van der Waals surface area contributed by atoms with Crippen LogP contribution >= 0.6 is 0 Å². The molecule has 2 atom stereocenters. The summed E-state index contributed by atoms with van der Waals surface area (Å²) in [5.41, 5.74) is 0. The van der Waals surface area contributed by atoms with Crippen LogP contribution in [-0.2, 0) is 9.59 Å². The lowest BCUT2D eigenvalue weighted by Crippen LogP contribution is -2.31. The van der Waals surface area contributed by atoms with Gasteiger partial charge >= 0.3 is 0 Å². The lowest BCUT2D eigenvalue weighted by atomic mass is 9.93. The van der Waals surface area contributed by atoms with E-state index in [1.807, 2.05) is 0 Å². The SMILES string of the molecule is CCCCCCCCC(CCCCCC)C(=O)NCCCCCCN(CCO)CCCCCCNC(=O)C(CCCCCC)CCCCCCCC. The molecule has 6 nitrogen and oxygen atoms in total. The number of nitrogens with one attached hydrogen (secondary N) is 2. The second-order valence-electron chi connectivity index (χ2n) is 16.2. The first-order chi connectivity index (χ1) is 25.5. The monoisotopic (exact) mass is 736 g/mol. The van der Waals surface area contributed by atoms with Crippen LogP contribution in [0.3, 0.4) is 0 Å². The van der Waals surface area contributed by atoms with Crippen molar-refractivity contribution >= 4 is 11.8 Å². The molecular weight excluding hydrogens is 643 g/mol. The summed E-state index contributed by atoms with van der Waals surface area (Å²) >= 11 is 0. The zero-order valence-corrected chi connectivity index (χ0v) is 35.7. The summed E-state index contributed by atoms with van der Waals surface area (Å²) in [6, 6.07) is 0. The number of amides is 2. The van der Waals surface area contributed by atoms with Gasteiger partial charge in [-0.15, -0.1) is 0 Å². The first kappa shape index (κ1) is 50.9. The van der Waals surface area contributed by atoms with Gasteiger partial charge in [0, 0.05) is 31.5 Å². The van der Waals surface area contributed by atoms with E-state index in [1.165, 1.54) is 141 Å². The fraction of sp³-hybridized carbons (Fsp3) is 0.957. The van der Waals surface area contributed by atoms with E-state index in [1.54, 1.807) is 0 Å². The summed E-state index contributed by atoms with van der Waals surface area (Å²) in [6.07, 6.45) is 38.7. The molecule has 0 heterocycles. The molecule has 2 unspecified atom stereocenters. The zero-order chi connectivity index (χ0) is 38.2. The van der Waals surface area contributed by atoms with Crippen LogP contribution in [-0.4, -0.2) is 61.2 Å². The molecular formula is C46H93N3O3. The Morgan fingerprint density at radius 2 is 0.692 bits per heavy atom. The van der Waals surface area contributed by atoms with Crippen molar-refractivity contribution in [2.24, 2.45) is 11.8 Å². The van der Waals surface area contributed by atoms with Crippen LogP contribution in [0.5, 0.6) is 0 Å². The van der Waals surface area contributed by atoms with Crippen LogP contribution < -0.4 is 10.6 Å². The number of hydrogen-bond donors (Lipinski definition) is 3. The van der Waals surface area contributed by atoms with Crippen molar-refractivity contribution in [3.63, 3.8) is 0 Å². The van der Waals surface area contributed by atoms with Crippen LogP contribution in [0.4, 0.5) is 0 Å². The van der Waals surface area contributed by atoms with Crippen LogP contribution in [0.2, 0.25) is 0 Å². The molecule has 0 bridgehead atoms. The van der Waals surface area contributed by atoms with Crippen LogP contribution in [0.1, 0.15) is 233 Å². The summed E-state index contributed by atoms with van der Waals surface area (Å²) < 4.78 is 0. The van der Waals surface area contributed by atoms with Crippen molar-refractivity contribution in [3.8, 4) is 0 Å². The lowest BCUT2D eigenvalue weighted by Gasteiger charge is -2.21. The van der Waals surface area contributed by atoms with E-state index in [-0.39, 0.29) is 18.4 Å². The minimum absolute atomic E-state index is 0.200. The average Bonchev–Trinajstić information content (AvgIpc) is 3.14. The Balaban J connectivity index is 4.20. The number of aliphatic hydroxyl groups excluding tert-OH is 1. The highest BCUT2D eigenvalue weighted by atomic mass is 16.3. The maximum absolute atomic E-state index is 13.0. The summed E-state index contributed by atoms with van der Waals surface area (Å²) in [4.78, 5) is 28.5. The van der Waals surface area contributed by atoms with Crippen molar-refractivity contribution < 1.29 is 14.7 Å². The number of nitrogens with zero attached hydrogens (tertiary/aromatic N) is 1. The molecule has 310 valence electrons. The maximum Gasteiger partial charge on any atom is 0.223 e. The van der Waals surface area contributed by atoms with Gasteiger partial charge in [-0.05, 0) is 64.5 Å². The molecule has 0 rings (SSSR count). The number of carbonyl (C=O) groups excluding carboxylic acids is 2. The fourth-order valence-corrected chi connectivity index (χ4v) is 7.61. The van der Waals surface area contributed by atoms with Crippen molar-refractivity contribution in [1.29, 1.82) is 0 Å². The highest BCUT2D eigenvalue weighted by molar-refractivity contribution is 5.78. The third-order valence-corrected chi connectivity index (χ3v) is 11.2. The smallest absolute Gasteiger partial charge is 0.223 e. The molecule has 2 amide bonds. The molecule has 0 aliphatic carbocycles. The third-order valence-electron chi connectivity index (χ3n) is 11.2. The van der Waals surface area contributed by atoms with Gasteiger partial charge in [0.2, 0.25) is 11.8 Å². The molecule has 0 aliphatic rings. The standard InChI is InChI=1S/C46H93N3O3/c1-5-9-13-17-19-27-35-43(33-25-15-11-7-3)45(51)47-37-29-21-23-31-39-49(41-42-50)40-32-24-22-30-38-48-46(52)44(34-26-16-12-8-4)36-28-20-18-14-10-6-2/h43-44,50H,5-42H2,1-4H3,(H,47,51)(H,48,52). The van der Waals surface area contributed by atoms with Gasteiger partial charge in [0.25, 0.3) is 0 Å². The van der Waals surface area contributed by atoms with E-state index in [9.17, 15) is 14.7 Å². The highest BCUT2D eigenvalue weighted by Crippen LogP contribution is 2.21. The molecule has 0 fully saturated rings. The van der Waals surface area contributed by atoms with Gasteiger partial charge in [-0.1, -0.05) is 182 Å². The van der Waals surface area contributed by atoms with E-state index < -0.39 is 0 Å². The minimum atomic E-state index is 0.200. The summed E-state index contributed by atoms with van der Waals surface area (Å²) in [6.45, 7) is 13.7. The molecule has 0 aliphatic heterocycles. The predicted octanol–water partition coefficient (Wildman–Crippen LogP) is 12.3. The van der Waals surface area contributed by atoms with Crippen molar-refractivity contribution in [1.82, 2.24) is 15.5 Å². The molecule has 0 spiro atoms. The molecule has 52 heavy (non-hydrogen) atoms. The zero-order valence-electron chi connectivity index (χ0n) is 35.7. The van der Waals surface area contributed by atoms with Gasteiger partial charge in [-0.25, -0.2) is 0 Å². The Morgan fingerprint density at radius 1 is 0.404 bits per heavy atom. The van der Waals surface area contributed by atoms with Crippen LogP contribution in [0.15, 0.2) is 0 Å². The third kappa shape index (κ3) is 33.4. The van der Waals surface area contributed by atoms with Crippen molar-refractivity contribution in [3.05, 3.63) is 0 Å².